The van der Waals surface area contributed by atoms with Gasteiger partial charge in [0.1, 0.15) is 0 Å². The van der Waals surface area contributed by atoms with Crippen LogP contribution in [0.3, 0.4) is 0 Å². The number of hydrogen-bond acceptors (Lipinski definition) is 2. The summed E-state index contributed by atoms with van der Waals surface area (Å²) < 4.78 is 0. The van der Waals surface area contributed by atoms with E-state index in [2.05, 4.69) is 46.6 Å². The largest absolute Gasteiger partial charge is 0.348 e. The number of nitrogens with one attached hydrogen (secondary N) is 1. The number of carbonyl (C=O) groups is 1. The highest BCUT2D eigenvalue weighted by atomic mass is 16.1. The Morgan fingerprint density at radius 3 is 2.86 bits per heavy atom. The smallest absolute Gasteiger partial charge is 0.247 e. The molecule has 0 bridgehead atoms. The summed E-state index contributed by atoms with van der Waals surface area (Å²) in [4.78, 5) is 14.7. The van der Waals surface area contributed by atoms with Crippen molar-refractivity contribution in [3.63, 3.8) is 0 Å². The zero-order chi connectivity index (χ0) is 15.2. The molecule has 1 N–H and O–H groups in total. The number of amides is 1. The van der Waals surface area contributed by atoms with Gasteiger partial charge in [0.15, 0.2) is 0 Å². The topological polar surface area (TPSA) is 32.3 Å². The minimum Gasteiger partial charge on any atom is -0.348 e. The minimum atomic E-state index is 0.174. The zero-order valence-corrected chi connectivity index (χ0v) is 13.3. The van der Waals surface area contributed by atoms with Gasteiger partial charge in [-0.2, -0.15) is 0 Å². The van der Waals surface area contributed by atoms with Crippen LogP contribution in [0.15, 0.2) is 42.0 Å². The second kappa shape index (κ2) is 7.59. The van der Waals surface area contributed by atoms with Crippen LogP contribution in [-0.4, -0.2) is 36.5 Å². The molecule has 1 aliphatic heterocycles. The molecular formula is C19H26N2O. The molecule has 3 rings (SSSR count). The molecule has 1 saturated heterocycles. The molecule has 0 unspecified atom stereocenters. The van der Waals surface area contributed by atoms with Crippen LogP contribution < -0.4 is 5.32 Å². The Balaban J connectivity index is 1.46. The number of likely N-dealkylation sites (tertiary alicyclic amines) is 1. The van der Waals surface area contributed by atoms with E-state index in [0.29, 0.717) is 6.04 Å². The van der Waals surface area contributed by atoms with Crippen molar-refractivity contribution in [1.82, 2.24) is 10.2 Å². The summed E-state index contributed by atoms with van der Waals surface area (Å²) in [6, 6.07) is 11.0. The lowest BCUT2D eigenvalue weighted by atomic mass is 10.0. The molecular weight excluding hydrogens is 272 g/mol. The summed E-state index contributed by atoms with van der Waals surface area (Å²) in [6.07, 6.45) is 8.64. The van der Waals surface area contributed by atoms with E-state index in [4.69, 9.17) is 0 Å². The molecule has 1 aromatic rings. The molecule has 22 heavy (non-hydrogen) atoms. The van der Waals surface area contributed by atoms with Crippen molar-refractivity contribution in [2.75, 3.05) is 19.6 Å². The molecule has 1 fully saturated rings. The van der Waals surface area contributed by atoms with Crippen molar-refractivity contribution in [3.8, 4) is 0 Å². The first kappa shape index (κ1) is 15.3. The lowest BCUT2D eigenvalue weighted by Gasteiger charge is -2.33. The monoisotopic (exact) mass is 298 g/mol. The molecule has 1 aliphatic carbocycles. The predicted molar refractivity (Wildman–Crippen MR) is 89.7 cm³/mol. The molecule has 2 aliphatic rings. The molecule has 1 aromatic carbocycles. The van der Waals surface area contributed by atoms with E-state index in [9.17, 15) is 4.79 Å². The maximum atomic E-state index is 12.2. The highest BCUT2D eigenvalue weighted by Crippen LogP contribution is 2.18. The summed E-state index contributed by atoms with van der Waals surface area (Å²) in [5, 5.41) is 3.24. The lowest BCUT2D eigenvalue weighted by molar-refractivity contribution is -0.118. The van der Waals surface area contributed by atoms with Crippen LogP contribution in [0.25, 0.3) is 0 Å². The van der Waals surface area contributed by atoms with Crippen molar-refractivity contribution in [2.45, 2.75) is 44.6 Å². The first-order valence-electron chi connectivity index (χ1n) is 8.57. The van der Waals surface area contributed by atoms with Crippen molar-refractivity contribution < 1.29 is 4.79 Å². The maximum absolute atomic E-state index is 12.2. The number of piperidine rings is 1. The molecule has 0 saturated carbocycles. The molecule has 1 atom stereocenters. The van der Waals surface area contributed by atoms with E-state index in [1.54, 1.807) is 0 Å². The fourth-order valence-corrected chi connectivity index (χ4v) is 3.46. The fourth-order valence-electron chi connectivity index (χ4n) is 3.46. The van der Waals surface area contributed by atoms with Gasteiger partial charge in [0.25, 0.3) is 0 Å². The Morgan fingerprint density at radius 2 is 2.09 bits per heavy atom. The van der Waals surface area contributed by atoms with Gasteiger partial charge >= 0.3 is 0 Å². The van der Waals surface area contributed by atoms with Crippen molar-refractivity contribution in [3.05, 3.63) is 47.5 Å². The number of nitrogens with zero attached hydrogens (tertiary/aromatic N) is 1. The van der Waals surface area contributed by atoms with E-state index in [0.717, 1.165) is 57.3 Å². The number of allylic oxidation sites excluding steroid dienone is 1. The average Bonchev–Trinajstić information content (AvgIpc) is 3.09. The molecule has 3 heteroatoms. The Kier molecular flexibility index (Phi) is 5.28. The van der Waals surface area contributed by atoms with E-state index in [-0.39, 0.29) is 5.91 Å². The number of benzene rings is 1. The summed E-state index contributed by atoms with van der Waals surface area (Å²) >= 11 is 0. The number of carbonyl (C=O) groups excluding carboxylic acids is 1. The second-order valence-corrected chi connectivity index (χ2v) is 6.47. The highest BCUT2D eigenvalue weighted by Gasteiger charge is 2.23. The van der Waals surface area contributed by atoms with Crippen LogP contribution in [0, 0.1) is 0 Å². The third-order valence-corrected chi connectivity index (χ3v) is 4.73. The zero-order valence-electron chi connectivity index (χ0n) is 13.3. The van der Waals surface area contributed by atoms with Crippen molar-refractivity contribution >= 4 is 5.91 Å². The Morgan fingerprint density at radius 1 is 1.23 bits per heavy atom. The molecule has 0 aromatic heterocycles. The fraction of sp³-hybridized carbons (Fsp3) is 0.526. The van der Waals surface area contributed by atoms with E-state index in [1.807, 2.05) is 0 Å². The first-order chi connectivity index (χ1) is 10.8. The Bertz CT molecular complexity index is 523. The van der Waals surface area contributed by atoms with Gasteiger partial charge < -0.3 is 10.2 Å². The molecule has 3 nitrogen and oxygen atoms in total. The van der Waals surface area contributed by atoms with Gasteiger partial charge in [-0.15, -0.1) is 0 Å². The van der Waals surface area contributed by atoms with Gasteiger partial charge in [0.2, 0.25) is 5.91 Å². The highest BCUT2D eigenvalue weighted by molar-refractivity contribution is 5.93. The standard InChI is InChI=1S/C19H26N2O/c22-19(17-9-4-5-10-17)20-18-11-6-13-21(15-18)14-12-16-7-2-1-3-8-16/h1-3,7-9,18H,4-6,10-15H2,(H,20,22)/t18-/m0/s1. The van der Waals surface area contributed by atoms with Gasteiger partial charge in [-0.05, 0) is 50.6 Å². The van der Waals surface area contributed by atoms with Crippen LogP contribution in [0.2, 0.25) is 0 Å². The third-order valence-electron chi connectivity index (χ3n) is 4.73. The number of hydrogen-bond donors (Lipinski definition) is 1. The normalized spacial score (nSPS) is 22.4. The van der Waals surface area contributed by atoms with E-state index in [1.165, 1.54) is 12.0 Å². The van der Waals surface area contributed by atoms with Gasteiger partial charge in [-0.25, -0.2) is 0 Å². The quantitative estimate of drug-likeness (QED) is 0.906. The van der Waals surface area contributed by atoms with Gasteiger partial charge in [0.05, 0.1) is 0 Å². The van der Waals surface area contributed by atoms with E-state index >= 15 is 0 Å². The number of rotatable bonds is 5. The SMILES string of the molecule is O=C(N[C@H]1CCCN(CCc2ccccc2)C1)C1=CCCC1. The van der Waals surface area contributed by atoms with Crippen LogP contribution in [0.4, 0.5) is 0 Å². The van der Waals surface area contributed by atoms with Crippen LogP contribution >= 0.6 is 0 Å². The second-order valence-electron chi connectivity index (χ2n) is 6.47. The van der Waals surface area contributed by atoms with Gasteiger partial charge in [-0.3, -0.25) is 4.79 Å². The van der Waals surface area contributed by atoms with Gasteiger partial charge in [-0.1, -0.05) is 36.4 Å². The molecule has 0 spiro atoms. The Hall–Kier alpha value is -1.61. The predicted octanol–water partition coefficient (Wildman–Crippen LogP) is 2.92. The summed E-state index contributed by atoms with van der Waals surface area (Å²) in [7, 11) is 0. The van der Waals surface area contributed by atoms with Crippen molar-refractivity contribution in [2.24, 2.45) is 0 Å². The molecule has 1 heterocycles. The summed E-state index contributed by atoms with van der Waals surface area (Å²) in [6.45, 7) is 3.23. The third kappa shape index (κ3) is 4.20. The summed E-state index contributed by atoms with van der Waals surface area (Å²) in [5.74, 6) is 0.174. The Labute approximate surface area is 133 Å². The maximum Gasteiger partial charge on any atom is 0.247 e. The van der Waals surface area contributed by atoms with Crippen LogP contribution in [0.1, 0.15) is 37.7 Å². The first-order valence-corrected chi connectivity index (χ1v) is 8.57. The van der Waals surface area contributed by atoms with E-state index < -0.39 is 0 Å². The molecule has 1 amide bonds. The molecule has 118 valence electrons. The van der Waals surface area contributed by atoms with Gasteiger partial charge in [0, 0.05) is 24.7 Å². The van der Waals surface area contributed by atoms with Crippen LogP contribution in [0.5, 0.6) is 0 Å². The van der Waals surface area contributed by atoms with Crippen molar-refractivity contribution in [1.29, 1.82) is 0 Å². The van der Waals surface area contributed by atoms with Crippen LogP contribution in [-0.2, 0) is 11.2 Å². The minimum absolute atomic E-state index is 0.174. The summed E-state index contributed by atoms with van der Waals surface area (Å²) in [5.41, 5.74) is 2.39. The molecule has 0 radical (unpaired) electrons. The lowest BCUT2D eigenvalue weighted by Crippen LogP contribution is -2.48. The average molecular weight is 298 g/mol.